The van der Waals surface area contributed by atoms with Gasteiger partial charge in [-0.1, -0.05) is 0 Å². The predicted octanol–water partition coefficient (Wildman–Crippen LogP) is -0.0381. The average Bonchev–Trinajstić information content (AvgIpc) is 2.32. The number of benzene rings is 1. The van der Waals surface area contributed by atoms with Crippen LogP contribution in [0.1, 0.15) is 10.4 Å². The van der Waals surface area contributed by atoms with Crippen molar-refractivity contribution in [3.05, 3.63) is 29.8 Å². The summed E-state index contributed by atoms with van der Waals surface area (Å²) in [5.41, 5.74) is 1.17. The van der Waals surface area contributed by atoms with E-state index in [1.165, 1.54) is 4.90 Å². The number of hydrogen-bond acceptors (Lipinski definition) is 3. The van der Waals surface area contributed by atoms with E-state index >= 15 is 0 Å². The lowest BCUT2D eigenvalue weighted by Gasteiger charge is -2.26. The smallest absolute Gasteiger partial charge is 0.246 e. The monoisotopic (exact) mass is 218 g/mol. The highest BCUT2D eigenvalue weighted by atomic mass is 16.2. The Bertz CT molecular complexity index is 439. The molecule has 0 spiro atoms. The Morgan fingerprint density at radius 2 is 1.88 bits per heavy atom. The van der Waals surface area contributed by atoms with Gasteiger partial charge in [-0.3, -0.25) is 14.4 Å². The van der Waals surface area contributed by atoms with Gasteiger partial charge < -0.3 is 10.2 Å². The molecule has 2 amide bonds. The Labute approximate surface area is 92.0 Å². The van der Waals surface area contributed by atoms with Crippen LogP contribution < -0.4 is 10.2 Å². The fraction of sp³-hybridized carbons (Fsp3) is 0.182. The lowest BCUT2D eigenvalue weighted by molar-refractivity contribution is -0.128. The molecule has 1 aliphatic heterocycles. The Morgan fingerprint density at radius 3 is 2.50 bits per heavy atom. The van der Waals surface area contributed by atoms with E-state index in [0.29, 0.717) is 11.3 Å². The quantitative estimate of drug-likeness (QED) is 0.708. The molecule has 0 unspecified atom stereocenters. The Balaban J connectivity index is 2.24. The highest BCUT2D eigenvalue weighted by Gasteiger charge is 2.23. The molecule has 5 heteroatoms. The summed E-state index contributed by atoms with van der Waals surface area (Å²) in [5, 5.41) is 2.47. The van der Waals surface area contributed by atoms with Crippen LogP contribution in [0.25, 0.3) is 0 Å². The molecule has 1 N–H and O–H groups in total. The van der Waals surface area contributed by atoms with E-state index in [-0.39, 0.29) is 24.9 Å². The predicted molar refractivity (Wildman–Crippen MR) is 57.2 cm³/mol. The molecule has 0 bridgehead atoms. The van der Waals surface area contributed by atoms with E-state index < -0.39 is 0 Å². The summed E-state index contributed by atoms with van der Waals surface area (Å²) in [6.07, 6.45) is 0.731. The van der Waals surface area contributed by atoms with Crippen LogP contribution in [0.4, 0.5) is 5.69 Å². The van der Waals surface area contributed by atoms with Crippen LogP contribution in [0.5, 0.6) is 0 Å². The van der Waals surface area contributed by atoms with Gasteiger partial charge in [-0.25, -0.2) is 0 Å². The summed E-state index contributed by atoms with van der Waals surface area (Å²) in [6.45, 7) is 0.0491. The van der Waals surface area contributed by atoms with Gasteiger partial charge in [-0.05, 0) is 24.3 Å². The second-order valence-corrected chi connectivity index (χ2v) is 3.47. The van der Waals surface area contributed by atoms with E-state index in [0.717, 1.165) is 6.29 Å². The van der Waals surface area contributed by atoms with Crippen molar-refractivity contribution in [2.45, 2.75) is 0 Å². The number of aldehydes is 1. The molecule has 5 nitrogen and oxygen atoms in total. The van der Waals surface area contributed by atoms with E-state index in [1.54, 1.807) is 24.3 Å². The molecule has 1 aliphatic rings. The number of carbonyl (C=O) groups excluding carboxylic acids is 3. The van der Waals surface area contributed by atoms with Gasteiger partial charge in [0, 0.05) is 11.3 Å². The van der Waals surface area contributed by atoms with Gasteiger partial charge in [0.2, 0.25) is 11.8 Å². The van der Waals surface area contributed by atoms with E-state index in [1.807, 2.05) is 0 Å². The zero-order valence-corrected chi connectivity index (χ0v) is 8.47. The SMILES string of the molecule is O=Cc1ccc(N2CC(=O)NCC2=O)cc1. The summed E-state index contributed by atoms with van der Waals surface area (Å²) in [6, 6.07) is 6.53. The number of carbonyl (C=O) groups is 3. The number of piperazine rings is 1. The van der Waals surface area contributed by atoms with Crippen LogP contribution in [0.15, 0.2) is 24.3 Å². The third kappa shape index (κ3) is 1.93. The van der Waals surface area contributed by atoms with Crippen molar-refractivity contribution in [1.29, 1.82) is 0 Å². The van der Waals surface area contributed by atoms with Crippen molar-refractivity contribution >= 4 is 23.8 Å². The van der Waals surface area contributed by atoms with Gasteiger partial charge in [0.1, 0.15) is 12.8 Å². The molecule has 0 atom stereocenters. The maximum Gasteiger partial charge on any atom is 0.246 e. The summed E-state index contributed by atoms with van der Waals surface area (Å²) in [4.78, 5) is 34.6. The second kappa shape index (κ2) is 4.14. The van der Waals surface area contributed by atoms with Gasteiger partial charge in [0.05, 0.1) is 6.54 Å². The summed E-state index contributed by atoms with van der Waals surface area (Å²) < 4.78 is 0. The van der Waals surface area contributed by atoms with Crippen molar-refractivity contribution < 1.29 is 14.4 Å². The van der Waals surface area contributed by atoms with Gasteiger partial charge in [-0.15, -0.1) is 0 Å². The van der Waals surface area contributed by atoms with Gasteiger partial charge >= 0.3 is 0 Å². The van der Waals surface area contributed by atoms with E-state index in [4.69, 9.17) is 0 Å². The van der Waals surface area contributed by atoms with Crippen molar-refractivity contribution in [3.8, 4) is 0 Å². The van der Waals surface area contributed by atoms with Crippen LogP contribution in [-0.2, 0) is 9.59 Å². The molecule has 1 heterocycles. The summed E-state index contributed by atoms with van der Waals surface area (Å²) in [7, 11) is 0. The Kier molecular flexibility index (Phi) is 2.68. The maximum atomic E-state index is 11.5. The molecule has 82 valence electrons. The van der Waals surface area contributed by atoms with Crippen molar-refractivity contribution in [2.75, 3.05) is 18.0 Å². The Hall–Kier alpha value is -2.17. The molecule has 1 aromatic rings. The molecule has 1 fully saturated rings. The number of rotatable bonds is 2. The van der Waals surface area contributed by atoms with Crippen LogP contribution in [0, 0.1) is 0 Å². The minimum Gasteiger partial charge on any atom is -0.345 e. The average molecular weight is 218 g/mol. The molecule has 0 aliphatic carbocycles. The first kappa shape index (κ1) is 10.4. The molecule has 0 radical (unpaired) electrons. The third-order valence-electron chi connectivity index (χ3n) is 2.38. The lowest BCUT2D eigenvalue weighted by atomic mass is 10.2. The highest BCUT2D eigenvalue weighted by molar-refractivity contribution is 6.04. The number of nitrogens with zero attached hydrogens (tertiary/aromatic N) is 1. The van der Waals surface area contributed by atoms with Gasteiger partial charge in [0.15, 0.2) is 0 Å². The van der Waals surface area contributed by atoms with Gasteiger partial charge in [-0.2, -0.15) is 0 Å². The molecule has 1 saturated heterocycles. The normalized spacial score (nSPS) is 15.9. The zero-order valence-electron chi connectivity index (χ0n) is 8.47. The molecule has 1 aromatic carbocycles. The molecule has 0 aromatic heterocycles. The van der Waals surface area contributed by atoms with Crippen LogP contribution in [0.3, 0.4) is 0 Å². The van der Waals surface area contributed by atoms with Gasteiger partial charge in [0.25, 0.3) is 0 Å². The Morgan fingerprint density at radius 1 is 1.19 bits per heavy atom. The van der Waals surface area contributed by atoms with Crippen molar-refractivity contribution in [1.82, 2.24) is 5.32 Å². The number of nitrogens with one attached hydrogen (secondary N) is 1. The first-order chi connectivity index (χ1) is 7.70. The largest absolute Gasteiger partial charge is 0.345 e. The van der Waals surface area contributed by atoms with Crippen LogP contribution in [-0.4, -0.2) is 31.2 Å². The zero-order chi connectivity index (χ0) is 11.5. The van der Waals surface area contributed by atoms with Crippen molar-refractivity contribution in [2.24, 2.45) is 0 Å². The number of anilines is 1. The molecule has 16 heavy (non-hydrogen) atoms. The second-order valence-electron chi connectivity index (χ2n) is 3.47. The highest BCUT2D eigenvalue weighted by Crippen LogP contribution is 2.15. The summed E-state index contributed by atoms with van der Waals surface area (Å²) >= 11 is 0. The maximum absolute atomic E-state index is 11.5. The minimum absolute atomic E-state index is 0.0221. The molecule has 0 saturated carbocycles. The van der Waals surface area contributed by atoms with Crippen molar-refractivity contribution in [3.63, 3.8) is 0 Å². The number of hydrogen-bond donors (Lipinski definition) is 1. The lowest BCUT2D eigenvalue weighted by Crippen LogP contribution is -2.51. The number of amides is 2. The van der Waals surface area contributed by atoms with Crippen LogP contribution >= 0.6 is 0 Å². The standard InChI is InChI=1S/C11H10N2O3/c14-7-8-1-3-9(4-2-8)13-6-10(15)12-5-11(13)16/h1-4,7H,5-6H2,(H,12,15). The van der Waals surface area contributed by atoms with Crippen LogP contribution in [0.2, 0.25) is 0 Å². The first-order valence-corrected chi connectivity index (χ1v) is 4.83. The third-order valence-corrected chi connectivity index (χ3v) is 2.38. The molecule has 2 rings (SSSR count). The minimum atomic E-state index is -0.181. The van der Waals surface area contributed by atoms with E-state index in [2.05, 4.69) is 5.32 Å². The molecular weight excluding hydrogens is 208 g/mol. The topological polar surface area (TPSA) is 66.5 Å². The first-order valence-electron chi connectivity index (χ1n) is 4.83. The van der Waals surface area contributed by atoms with E-state index in [9.17, 15) is 14.4 Å². The molecular formula is C11H10N2O3. The fourth-order valence-electron chi connectivity index (χ4n) is 1.53. The summed E-state index contributed by atoms with van der Waals surface area (Å²) in [5.74, 6) is -0.336. The fourth-order valence-corrected chi connectivity index (χ4v) is 1.53.